The molecule has 4 nitrogen and oxygen atoms in total. The summed E-state index contributed by atoms with van der Waals surface area (Å²) in [4.78, 5) is 15.9. The van der Waals surface area contributed by atoms with Crippen LogP contribution in [-0.2, 0) is 22.5 Å². The molecule has 1 fully saturated rings. The lowest BCUT2D eigenvalue weighted by atomic mass is 10.00. The van der Waals surface area contributed by atoms with E-state index < -0.39 is 0 Å². The van der Waals surface area contributed by atoms with Crippen molar-refractivity contribution >= 4 is 5.91 Å². The molecule has 0 saturated carbocycles. The first-order valence-corrected chi connectivity index (χ1v) is 7.95. The molecule has 1 N–H and O–H groups in total. The maximum absolute atomic E-state index is 12.6. The number of nitrogens with one attached hydrogen (secondary N) is 1. The fraction of sp³-hybridized carbons (Fsp3) is 0.588. The summed E-state index contributed by atoms with van der Waals surface area (Å²) in [6.45, 7) is 8.27. The van der Waals surface area contributed by atoms with Crippen LogP contribution in [0.4, 0.5) is 0 Å². The Kier molecular flexibility index (Phi) is 4.27. The van der Waals surface area contributed by atoms with Gasteiger partial charge >= 0.3 is 0 Å². The van der Waals surface area contributed by atoms with Gasteiger partial charge in [-0.2, -0.15) is 0 Å². The Morgan fingerprint density at radius 3 is 2.62 bits per heavy atom. The molecule has 0 bridgehead atoms. The first-order valence-electron chi connectivity index (χ1n) is 7.95. The fourth-order valence-electron chi connectivity index (χ4n) is 3.57. The molecule has 1 aromatic carbocycles. The van der Waals surface area contributed by atoms with Gasteiger partial charge < -0.3 is 14.5 Å². The molecule has 3 rings (SSSR count). The monoisotopic (exact) mass is 289 g/mol. The molecule has 0 radical (unpaired) electrons. The third-order valence-electron chi connectivity index (χ3n) is 4.50. The zero-order valence-electron chi connectivity index (χ0n) is 13.0. The molecule has 0 spiro atoms. The SMILES string of the molecule is C[C@@H]1C[NH+](CC(=O)N2CCc3ccccc3C2)C[C@H](C)O1. The van der Waals surface area contributed by atoms with Crippen LogP contribution in [0.5, 0.6) is 0 Å². The fourth-order valence-corrected chi connectivity index (χ4v) is 3.57. The van der Waals surface area contributed by atoms with E-state index in [-0.39, 0.29) is 18.1 Å². The third-order valence-corrected chi connectivity index (χ3v) is 4.50. The quantitative estimate of drug-likeness (QED) is 0.848. The van der Waals surface area contributed by atoms with Crippen LogP contribution in [-0.4, -0.2) is 49.2 Å². The second kappa shape index (κ2) is 6.16. The molecule has 1 unspecified atom stereocenters. The van der Waals surface area contributed by atoms with Crippen molar-refractivity contribution in [1.82, 2.24) is 4.90 Å². The minimum absolute atomic E-state index is 0.249. The lowest BCUT2D eigenvalue weighted by Crippen LogP contribution is -3.16. The number of hydrogen-bond acceptors (Lipinski definition) is 2. The number of morpholine rings is 1. The Bertz CT molecular complexity index is 507. The summed E-state index contributed by atoms with van der Waals surface area (Å²) in [7, 11) is 0. The van der Waals surface area contributed by atoms with E-state index in [1.807, 2.05) is 4.90 Å². The van der Waals surface area contributed by atoms with Crippen molar-refractivity contribution in [1.29, 1.82) is 0 Å². The van der Waals surface area contributed by atoms with E-state index in [9.17, 15) is 4.79 Å². The van der Waals surface area contributed by atoms with E-state index in [1.165, 1.54) is 16.0 Å². The van der Waals surface area contributed by atoms with Crippen molar-refractivity contribution in [3.63, 3.8) is 0 Å². The Morgan fingerprint density at radius 2 is 1.90 bits per heavy atom. The Balaban J connectivity index is 1.59. The summed E-state index contributed by atoms with van der Waals surface area (Å²) < 4.78 is 5.74. The van der Waals surface area contributed by atoms with Gasteiger partial charge in [0.2, 0.25) is 0 Å². The smallest absolute Gasteiger partial charge is 0.278 e. The molecule has 1 aromatic rings. The number of rotatable bonds is 2. The number of fused-ring (bicyclic) bond motifs is 1. The number of benzene rings is 1. The maximum Gasteiger partial charge on any atom is 0.278 e. The topological polar surface area (TPSA) is 34.0 Å². The number of quaternary nitrogens is 1. The average Bonchev–Trinajstić information content (AvgIpc) is 2.45. The van der Waals surface area contributed by atoms with Gasteiger partial charge in [0, 0.05) is 13.1 Å². The summed E-state index contributed by atoms with van der Waals surface area (Å²) in [5.41, 5.74) is 2.69. The lowest BCUT2D eigenvalue weighted by molar-refractivity contribution is -0.907. The lowest BCUT2D eigenvalue weighted by Gasteiger charge is -2.34. The van der Waals surface area contributed by atoms with Crippen molar-refractivity contribution in [2.24, 2.45) is 0 Å². The van der Waals surface area contributed by atoms with Crippen molar-refractivity contribution in [3.05, 3.63) is 35.4 Å². The van der Waals surface area contributed by atoms with E-state index in [4.69, 9.17) is 4.74 Å². The number of carbonyl (C=O) groups is 1. The van der Waals surface area contributed by atoms with Gasteiger partial charge in [-0.15, -0.1) is 0 Å². The van der Waals surface area contributed by atoms with Gasteiger partial charge in [-0.25, -0.2) is 0 Å². The van der Waals surface area contributed by atoms with Gasteiger partial charge in [0.05, 0.1) is 0 Å². The van der Waals surface area contributed by atoms with E-state index in [2.05, 4.69) is 38.1 Å². The average molecular weight is 289 g/mol. The molecule has 2 aliphatic heterocycles. The highest BCUT2D eigenvalue weighted by Gasteiger charge is 2.29. The third kappa shape index (κ3) is 3.44. The largest absolute Gasteiger partial charge is 0.364 e. The van der Waals surface area contributed by atoms with Crippen LogP contribution in [0, 0.1) is 0 Å². The summed E-state index contributed by atoms with van der Waals surface area (Å²) in [5, 5.41) is 0. The Hall–Kier alpha value is -1.39. The van der Waals surface area contributed by atoms with Crippen molar-refractivity contribution in [2.45, 2.75) is 39.0 Å². The summed E-state index contributed by atoms with van der Waals surface area (Å²) in [6.07, 6.45) is 1.48. The van der Waals surface area contributed by atoms with Crippen LogP contribution in [0.1, 0.15) is 25.0 Å². The maximum atomic E-state index is 12.6. The van der Waals surface area contributed by atoms with Gasteiger partial charge in [0.25, 0.3) is 5.91 Å². The predicted molar refractivity (Wildman–Crippen MR) is 81.1 cm³/mol. The molecule has 3 atom stereocenters. The summed E-state index contributed by atoms with van der Waals surface area (Å²) >= 11 is 0. The predicted octanol–water partition coefficient (Wildman–Crippen LogP) is 0.263. The van der Waals surface area contributed by atoms with Crippen LogP contribution < -0.4 is 4.90 Å². The number of ether oxygens (including phenoxy) is 1. The Labute approximate surface area is 126 Å². The van der Waals surface area contributed by atoms with Gasteiger partial charge in [-0.05, 0) is 31.4 Å². The minimum atomic E-state index is 0.249. The first-order chi connectivity index (χ1) is 10.1. The second-order valence-corrected chi connectivity index (χ2v) is 6.43. The van der Waals surface area contributed by atoms with Crippen LogP contribution in [0.25, 0.3) is 0 Å². The molecular formula is C17H25N2O2+. The van der Waals surface area contributed by atoms with Crippen LogP contribution in [0.15, 0.2) is 24.3 Å². The molecule has 2 heterocycles. The summed E-state index contributed by atoms with van der Waals surface area (Å²) in [5.74, 6) is 0.279. The zero-order chi connectivity index (χ0) is 14.8. The second-order valence-electron chi connectivity index (χ2n) is 6.43. The molecule has 114 valence electrons. The zero-order valence-corrected chi connectivity index (χ0v) is 13.0. The molecule has 0 aliphatic carbocycles. The summed E-state index contributed by atoms with van der Waals surface area (Å²) in [6, 6.07) is 8.45. The molecule has 2 aliphatic rings. The molecular weight excluding hydrogens is 264 g/mol. The van der Waals surface area contributed by atoms with Gasteiger partial charge in [-0.3, -0.25) is 4.79 Å². The van der Waals surface area contributed by atoms with Crippen molar-refractivity contribution < 1.29 is 14.4 Å². The number of hydrogen-bond donors (Lipinski definition) is 1. The van der Waals surface area contributed by atoms with E-state index >= 15 is 0 Å². The molecule has 1 amide bonds. The highest BCUT2D eigenvalue weighted by molar-refractivity contribution is 5.77. The molecule has 4 heteroatoms. The van der Waals surface area contributed by atoms with Gasteiger partial charge in [0.15, 0.2) is 6.54 Å². The number of amides is 1. The molecule has 0 aromatic heterocycles. The van der Waals surface area contributed by atoms with Crippen LogP contribution in [0.2, 0.25) is 0 Å². The van der Waals surface area contributed by atoms with Gasteiger partial charge in [-0.1, -0.05) is 24.3 Å². The van der Waals surface area contributed by atoms with Crippen LogP contribution >= 0.6 is 0 Å². The van der Waals surface area contributed by atoms with E-state index in [0.29, 0.717) is 6.54 Å². The normalized spacial score (nSPS) is 29.0. The van der Waals surface area contributed by atoms with Crippen LogP contribution in [0.3, 0.4) is 0 Å². The van der Waals surface area contributed by atoms with Crippen molar-refractivity contribution in [2.75, 3.05) is 26.2 Å². The molecule has 1 saturated heterocycles. The number of nitrogens with zero attached hydrogens (tertiary/aromatic N) is 1. The van der Waals surface area contributed by atoms with Gasteiger partial charge in [0.1, 0.15) is 25.3 Å². The highest BCUT2D eigenvalue weighted by atomic mass is 16.5. The van der Waals surface area contributed by atoms with E-state index in [1.54, 1.807) is 0 Å². The van der Waals surface area contributed by atoms with Crippen molar-refractivity contribution in [3.8, 4) is 0 Å². The molecule has 21 heavy (non-hydrogen) atoms. The highest BCUT2D eigenvalue weighted by Crippen LogP contribution is 2.18. The minimum Gasteiger partial charge on any atom is -0.364 e. The standard InChI is InChI=1S/C17H24N2O2/c1-13-9-18(10-14(2)21-13)12-17(20)19-8-7-15-5-3-4-6-16(15)11-19/h3-6,13-14H,7-12H2,1-2H3/p+1/t13-,14+. The Morgan fingerprint density at radius 1 is 1.24 bits per heavy atom. The van der Waals surface area contributed by atoms with E-state index in [0.717, 1.165) is 32.6 Å². The number of carbonyl (C=O) groups excluding carboxylic acids is 1. The first kappa shape index (κ1) is 14.5.